The molecule has 3 fully saturated rings. The zero-order chi connectivity index (χ0) is 47.9. The molecule has 3 aromatic carbocycles. The molecule has 3 heterocycles. The van der Waals surface area contributed by atoms with Crippen LogP contribution in [0, 0.1) is 5.92 Å². The summed E-state index contributed by atoms with van der Waals surface area (Å²) in [5.41, 5.74) is 5.68. The van der Waals surface area contributed by atoms with E-state index in [0.717, 1.165) is 29.7 Å². The van der Waals surface area contributed by atoms with Gasteiger partial charge < -0.3 is 50.2 Å². The highest BCUT2D eigenvalue weighted by atomic mass is 16.5. The first kappa shape index (κ1) is 49.3. The second-order valence-electron chi connectivity index (χ2n) is 18.8. The second kappa shape index (κ2) is 21.4. The van der Waals surface area contributed by atoms with E-state index in [9.17, 15) is 28.8 Å². The Labute approximate surface area is 388 Å². The molecule has 3 saturated heterocycles. The summed E-state index contributed by atoms with van der Waals surface area (Å²) in [6, 6.07) is 21.3. The maximum Gasteiger partial charge on any atom is 0.407 e. The Balaban J connectivity index is 1.17. The molecule has 3 aromatic rings. The molecule has 6 amide bonds. The zero-order valence-electron chi connectivity index (χ0n) is 39.7. The van der Waals surface area contributed by atoms with Crippen molar-refractivity contribution >= 4 is 52.9 Å². The number of alkyl carbamates (subject to hydrolysis) is 2. The van der Waals surface area contributed by atoms with Gasteiger partial charge >= 0.3 is 12.2 Å². The molecule has 0 aromatic heterocycles. The molecular formula is C50H67N7O9. The van der Waals surface area contributed by atoms with Crippen molar-refractivity contribution in [2.24, 2.45) is 5.92 Å². The van der Waals surface area contributed by atoms with Gasteiger partial charge in [-0.1, -0.05) is 71.0 Å². The topological polar surface area (TPSA) is 188 Å². The van der Waals surface area contributed by atoms with Gasteiger partial charge in [-0.15, -0.1) is 0 Å². The number of anilines is 3. The number of rotatable bonds is 14. The molecule has 7 atom stereocenters. The zero-order valence-corrected chi connectivity index (χ0v) is 39.7. The first-order chi connectivity index (χ1) is 31.4. The normalized spacial score (nSPS) is 20.9. The van der Waals surface area contributed by atoms with E-state index in [0.29, 0.717) is 50.1 Å². The van der Waals surface area contributed by atoms with E-state index in [1.807, 2.05) is 62.4 Å². The molecule has 4 N–H and O–H groups in total. The van der Waals surface area contributed by atoms with E-state index in [1.54, 1.807) is 11.8 Å². The fourth-order valence-electron chi connectivity index (χ4n) is 9.35. The van der Waals surface area contributed by atoms with Gasteiger partial charge in [0, 0.05) is 37.3 Å². The smallest absolute Gasteiger partial charge is 0.407 e. The minimum atomic E-state index is -1.02. The number of likely N-dealkylation sites (tertiary alicyclic amines) is 2. The van der Waals surface area contributed by atoms with Gasteiger partial charge in [0.15, 0.2) is 0 Å². The van der Waals surface area contributed by atoms with E-state index < -0.39 is 48.4 Å². The third-order valence-corrected chi connectivity index (χ3v) is 13.2. The van der Waals surface area contributed by atoms with Gasteiger partial charge in [-0.25, -0.2) is 9.59 Å². The number of ether oxygens (including phenoxy) is 3. The highest BCUT2D eigenvalue weighted by molar-refractivity contribution is 5.99. The number of methoxy groups -OCH3 is 3. The fraction of sp³-hybridized carbons (Fsp3) is 0.520. The van der Waals surface area contributed by atoms with Crippen LogP contribution in [-0.2, 0) is 38.8 Å². The van der Waals surface area contributed by atoms with Gasteiger partial charge in [-0.3, -0.25) is 19.2 Å². The first-order valence-electron chi connectivity index (χ1n) is 23.0. The molecule has 0 spiro atoms. The molecule has 356 valence electrons. The Morgan fingerprint density at radius 1 is 0.591 bits per heavy atom. The van der Waals surface area contributed by atoms with Crippen LogP contribution in [0.25, 0.3) is 0 Å². The van der Waals surface area contributed by atoms with Gasteiger partial charge in [0.25, 0.3) is 0 Å². The molecule has 3 aliphatic heterocycles. The van der Waals surface area contributed by atoms with Crippen molar-refractivity contribution in [1.82, 2.24) is 20.4 Å². The Morgan fingerprint density at radius 3 is 1.41 bits per heavy atom. The van der Waals surface area contributed by atoms with E-state index in [-0.39, 0.29) is 41.1 Å². The number of amides is 6. The van der Waals surface area contributed by atoms with Gasteiger partial charge in [0.1, 0.15) is 24.2 Å². The Morgan fingerprint density at radius 2 is 1.02 bits per heavy atom. The predicted octanol–water partition coefficient (Wildman–Crippen LogP) is 7.07. The molecule has 16 nitrogen and oxygen atoms in total. The quantitative estimate of drug-likeness (QED) is 0.130. The van der Waals surface area contributed by atoms with Crippen LogP contribution < -0.4 is 26.2 Å². The van der Waals surface area contributed by atoms with Gasteiger partial charge in [-0.05, 0) is 110 Å². The number of nitrogens with zero attached hydrogens (tertiary/aromatic N) is 3. The molecule has 66 heavy (non-hydrogen) atoms. The van der Waals surface area contributed by atoms with Crippen molar-refractivity contribution in [1.29, 1.82) is 0 Å². The molecule has 0 unspecified atom stereocenters. The van der Waals surface area contributed by atoms with Gasteiger partial charge in [0.05, 0.1) is 32.4 Å². The first-order valence-corrected chi connectivity index (χ1v) is 23.0. The molecule has 0 saturated carbocycles. The summed E-state index contributed by atoms with van der Waals surface area (Å²) in [4.78, 5) is 84.2. The molecule has 0 bridgehead atoms. The minimum absolute atomic E-state index is 0.0128. The Kier molecular flexibility index (Phi) is 16.0. The van der Waals surface area contributed by atoms with Crippen molar-refractivity contribution in [3.05, 3.63) is 89.5 Å². The average molecular weight is 910 g/mol. The SMILES string of the molecule is COC(=O)N[C@H](C(=O)N1CCC[C@H]1C(=O)Nc1ccc([C@@H]2CC[C@@H](c3ccc(NC(=O)[C@@H]4CCCN4C(=O)[C@@H](NC(=O)OC)[C@@H](C)OC)cc3)N2c2ccc(C(C)(C)C)cc2)cc1)C(C)C. The summed E-state index contributed by atoms with van der Waals surface area (Å²) in [7, 11) is 3.92. The number of nitrogens with one attached hydrogen (secondary N) is 4. The lowest BCUT2D eigenvalue weighted by Gasteiger charge is -2.34. The van der Waals surface area contributed by atoms with Gasteiger partial charge in [0.2, 0.25) is 23.6 Å². The minimum Gasteiger partial charge on any atom is -0.453 e. The molecule has 0 aliphatic carbocycles. The number of carbonyl (C=O) groups excluding carboxylic acids is 6. The highest BCUT2D eigenvalue weighted by Gasteiger charge is 2.42. The maximum atomic E-state index is 13.7. The van der Waals surface area contributed by atoms with Crippen molar-refractivity contribution in [2.45, 2.75) is 128 Å². The largest absolute Gasteiger partial charge is 0.453 e. The standard InChI is InChI=1S/C50H67N7O9/c1-30(2)42(53-48(62)65-8)46(60)55-28-10-12-40(55)44(58)51-35-20-14-32(15-21-35)38-26-27-39(57(38)37-24-18-34(19-25-37)50(4,5)6)33-16-22-36(23-17-33)52-45(59)41-13-11-29-56(41)47(61)43(31(3)64-7)54-49(63)66-9/h14-25,30-31,38-43H,10-13,26-29H2,1-9H3,(H,51,58)(H,52,59)(H,53,62)(H,54,63)/t31-,38+,39+,40+,41+,42+,43+/m1/s1. The average Bonchev–Trinajstić information content (AvgIpc) is 4.10. The molecule has 3 aliphatic rings. The third-order valence-electron chi connectivity index (χ3n) is 13.2. The van der Waals surface area contributed by atoms with Crippen LogP contribution in [0.5, 0.6) is 0 Å². The fourth-order valence-corrected chi connectivity index (χ4v) is 9.35. The van der Waals surface area contributed by atoms with E-state index in [1.165, 1.54) is 31.8 Å². The molecule has 16 heteroatoms. The number of hydrogen-bond acceptors (Lipinski definition) is 10. The Bertz CT molecular complexity index is 2190. The number of benzene rings is 3. The summed E-state index contributed by atoms with van der Waals surface area (Å²) in [6.45, 7) is 12.7. The van der Waals surface area contributed by atoms with Crippen molar-refractivity contribution < 1.29 is 43.0 Å². The summed E-state index contributed by atoms with van der Waals surface area (Å²) in [5.74, 6) is -1.51. The number of carbonyl (C=O) groups is 6. The van der Waals surface area contributed by atoms with Crippen LogP contribution in [0.15, 0.2) is 72.8 Å². The molecule has 6 rings (SSSR count). The van der Waals surface area contributed by atoms with E-state index in [4.69, 9.17) is 14.2 Å². The lowest BCUT2D eigenvalue weighted by Crippen LogP contribution is -2.56. The molecule has 0 radical (unpaired) electrons. The lowest BCUT2D eigenvalue weighted by molar-refractivity contribution is -0.141. The van der Waals surface area contributed by atoms with Crippen LogP contribution in [-0.4, -0.2) is 110 Å². The second-order valence-corrected chi connectivity index (χ2v) is 18.8. The van der Waals surface area contributed by atoms with Gasteiger partial charge in [-0.2, -0.15) is 0 Å². The van der Waals surface area contributed by atoms with Crippen LogP contribution in [0.3, 0.4) is 0 Å². The summed E-state index contributed by atoms with van der Waals surface area (Å²) in [5, 5.41) is 11.2. The van der Waals surface area contributed by atoms with Crippen molar-refractivity contribution in [2.75, 3.05) is 50.0 Å². The van der Waals surface area contributed by atoms with Crippen LogP contribution in [0.2, 0.25) is 0 Å². The van der Waals surface area contributed by atoms with Crippen LogP contribution in [0.4, 0.5) is 26.7 Å². The van der Waals surface area contributed by atoms with Crippen LogP contribution >= 0.6 is 0 Å². The van der Waals surface area contributed by atoms with E-state index in [2.05, 4.69) is 71.2 Å². The predicted molar refractivity (Wildman–Crippen MR) is 252 cm³/mol. The summed E-state index contributed by atoms with van der Waals surface area (Å²) < 4.78 is 14.9. The van der Waals surface area contributed by atoms with Crippen molar-refractivity contribution in [3.8, 4) is 0 Å². The summed E-state index contributed by atoms with van der Waals surface area (Å²) >= 11 is 0. The summed E-state index contributed by atoms with van der Waals surface area (Å²) in [6.07, 6.45) is 1.94. The molecular weight excluding hydrogens is 843 g/mol. The lowest BCUT2D eigenvalue weighted by atomic mass is 9.87. The Hall–Kier alpha value is -6.16. The third kappa shape index (κ3) is 11.3. The van der Waals surface area contributed by atoms with Crippen molar-refractivity contribution in [3.63, 3.8) is 0 Å². The van der Waals surface area contributed by atoms with Crippen LogP contribution in [0.1, 0.15) is 109 Å². The maximum absolute atomic E-state index is 13.7. The highest BCUT2D eigenvalue weighted by Crippen LogP contribution is 2.47. The monoisotopic (exact) mass is 910 g/mol. The van der Waals surface area contributed by atoms with E-state index >= 15 is 0 Å². The number of hydrogen-bond donors (Lipinski definition) is 4.